The van der Waals surface area contributed by atoms with Gasteiger partial charge in [0.1, 0.15) is 0 Å². The Kier molecular flexibility index (Phi) is 6.10. The number of methoxy groups -OCH3 is 1. The maximum absolute atomic E-state index is 13.1. The molecule has 0 aliphatic carbocycles. The van der Waals surface area contributed by atoms with Gasteiger partial charge in [0.2, 0.25) is 0 Å². The van der Waals surface area contributed by atoms with Crippen molar-refractivity contribution in [2.45, 2.75) is 12.2 Å². The number of nitrogens with one attached hydrogen (secondary N) is 2. The molecule has 0 aliphatic rings. The van der Waals surface area contributed by atoms with Crippen molar-refractivity contribution < 1.29 is 27.5 Å². The van der Waals surface area contributed by atoms with E-state index >= 15 is 0 Å². The molecule has 2 aromatic rings. The van der Waals surface area contributed by atoms with Gasteiger partial charge in [0.05, 0.1) is 18.4 Å². The predicted molar refractivity (Wildman–Crippen MR) is 89.8 cm³/mol. The Bertz CT molecular complexity index is 798. The van der Waals surface area contributed by atoms with Crippen molar-refractivity contribution in [3.05, 3.63) is 64.7 Å². The first kappa shape index (κ1) is 19.6. The summed E-state index contributed by atoms with van der Waals surface area (Å²) in [5.74, 6) is -0.765. The summed E-state index contributed by atoms with van der Waals surface area (Å²) >= 11 is 5.59. The number of hydrogen-bond donors (Lipinski definition) is 2. The number of hydrogen-bond acceptors (Lipinski definition) is 3. The fourth-order valence-electron chi connectivity index (χ4n) is 2.19. The van der Waals surface area contributed by atoms with E-state index in [0.29, 0.717) is 11.6 Å². The fourth-order valence-corrected chi connectivity index (χ4v) is 2.36. The molecule has 9 heteroatoms. The zero-order valence-corrected chi connectivity index (χ0v) is 14.2. The van der Waals surface area contributed by atoms with E-state index in [1.165, 1.54) is 6.07 Å². The van der Waals surface area contributed by atoms with Crippen LogP contribution in [0, 0.1) is 0 Å². The molecule has 0 spiro atoms. The molecule has 0 aromatic heterocycles. The SMILES string of the molecule is COC(=O)C(NC(=O)Nc1ccc(Cl)cc1C(F)(F)F)c1ccccc1. The van der Waals surface area contributed by atoms with Crippen molar-refractivity contribution in [1.82, 2.24) is 5.32 Å². The smallest absolute Gasteiger partial charge is 0.418 e. The first-order valence-corrected chi connectivity index (χ1v) is 7.67. The van der Waals surface area contributed by atoms with E-state index in [1.54, 1.807) is 30.3 Å². The molecule has 0 heterocycles. The topological polar surface area (TPSA) is 67.4 Å². The van der Waals surface area contributed by atoms with Crippen LogP contribution in [0.2, 0.25) is 5.02 Å². The number of carbonyl (C=O) groups excluding carboxylic acids is 2. The van der Waals surface area contributed by atoms with Gasteiger partial charge in [-0.2, -0.15) is 13.2 Å². The molecule has 138 valence electrons. The van der Waals surface area contributed by atoms with Gasteiger partial charge in [-0.3, -0.25) is 0 Å². The molecule has 2 amide bonds. The van der Waals surface area contributed by atoms with Crippen LogP contribution >= 0.6 is 11.6 Å². The number of amides is 2. The number of benzene rings is 2. The molecule has 0 bridgehead atoms. The standard InChI is InChI=1S/C17H14ClF3N2O3/c1-26-15(24)14(10-5-3-2-4-6-10)23-16(25)22-13-8-7-11(18)9-12(13)17(19,20)21/h2-9,14H,1H3,(H2,22,23,25). The highest BCUT2D eigenvalue weighted by Crippen LogP contribution is 2.36. The van der Waals surface area contributed by atoms with Gasteiger partial charge < -0.3 is 15.4 Å². The molecule has 5 nitrogen and oxygen atoms in total. The highest BCUT2D eigenvalue weighted by Gasteiger charge is 2.34. The number of esters is 1. The Morgan fingerprint density at radius 3 is 2.35 bits per heavy atom. The third-order valence-corrected chi connectivity index (χ3v) is 3.62. The van der Waals surface area contributed by atoms with E-state index in [1.807, 2.05) is 0 Å². The average molecular weight is 387 g/mol. The van der Waals surface area contributed by atoms with Crippen molar-refractivity contribution in [2.24, 2.45) is 0 Å². The van der Waals surface area contributed by atoms with Crippen molar-refractivity contribution in [3.8, 4) is 0 Å². The van der Waals surface area contributed by atoms with Gasteiger partial charge in [0.25, 0.3) is 0 Å². The van der Waals surface area contributed by atoms with Crippen LogP contribution in [0.1, 0.15) is 17.2 Å². The zero-order valence-electron chi connectivity index (χ0n) is 13.4. The number of alkyl halides is 3. The Hall–Kier alpha value is -2.74. The first-order chi connectivity index (χ1) is 12.2. The molecular weight excluding hydrogens is 373 g/mol. The molecule has 0 saturated heterocycles. The predicted octanol–water partition coefficient (Wildman–Crippen LogP) is 4.39. The number of carbonyl (C=O) groups is 2. The molecule has 0 aliphatic heterocycles. The lowest BCUT2D eigenvalue weighted by Crippen LogP contribution is -2.37. The summed E-state index contributed by atoms with van der Waals surface area (Å²) in [7, 11) is 1.14. The van der Waals surface area contributed by atoms with Gasteiger partial charge in [-0.15, -0.1) is 0 Å². The minimum atomic E-state index is -4.71. The van der Waals surface area contributed by atoms with E-state index in [4.69, 9.17) is 11.6 Å². The van der Waals surface area contributed by atoms with Crippen molar-refractivity contribution in [2.75, 3.05) is 12.4 Å². The maximum Gasteiger partial charge on any atom is 0.418 e. The Morgan fingerprint density at radius 1 is 1.12 bits per heavy atom. The van der Waals surface area contributed by atoms with Crippen molar-refractivity contribution in [3.63, 3.8) is 0 Å². The minimum Gasteiger partial charge on any atom is -0.467 e. The number of urea groups is 1. The molecule has 2 aromatic carbocycles. The Labute approximate surface area is 152 Å². The third-order valence-electron chi connectivity index (χ3n) is 3.38. The lowest BCUT2D eigenvalue weighted by molar-refractivity contribution is -0.143. The number of rotatable bonds is 4. The summed E-state index contributed by atoms with van der Waals surface area (Å²) in [6.45, 7) is 0. The molecule has 2 rings (SSSR count). The average Bonchev–Trinajstić information content (AvgIpc) is 2.60. The van der Waals surface area contributed by atoms with Crippen LogP contribution in [-0.2, 0) is 15.7 Å². The maximum atomic E-state index is 13.1. The first-order valence-electron chi connectivity index (χ1n) is 7.29. The lowest BCUT2D eigenvalue weighted by atomic mass is 10.1. The fraction of sp³-hybridized carbons (Fsp3) is 0.176. The summed E-state index contributed by atoms with van der Waals surface area (Å²) in [5.41, 5.74) is -1.17. The molecule has 1 unspecified atom stereocenters. The second kappa shape index (κ2) is 8.09. The largest absolute Gasteiger partial charge is 0.467 e. The highest BCUT2D eigenvalue weighted by atomic mass is 35.5. The van der Waals surface area contributed by atoms with Crippen LogP contribution in [-0.4, -0.2) is 19.1 Å². The van der Waals surface area contributed by atoms with E-state index < -0.39 is 35.5 Å². The molecule has 2 N–H and O–H groups in total. The zero-order chi connectivity index (χ0) is 19.3. The van der Waals surface area contributed by atoms with Crippen molar-refractivity contribution in [1.29, 1.82) is 0 Å². The number of anilines is 1. The van der Waals surface area contributed by atoms with Crippen molar-refractivity contribution >= 4 is 29.3 Å². The summed E-state index contributed by atoms with van der Waals surface area (Å²) in [5, 5.41) is 4.26. The van der Waals surface area contributed by atoms with Gasteiger partial charge in [0.15, 0.2) is 6.04 Å². The molecule has 26 heavy (non-hydrogen) atoms. The molecule has 0 saturated carbocycles. The van der Waals surface area contributed by atoms with Crippen LogP contribution in [0.4, 0.5) is 23.7 Å². The van der Waals surface area contributed by atoms with Crippen LogP contribution in [0.5, 0.6) is 0 Å². The highest BCUT2D eigenvalue weighted by molar-refractivity contribution is 6.30. The summed E-state index contributed by atoms with van der Waals surface area (Å²) in [4.78, 5) is 24.1. The quantitative estimate of drug-likeness (QED) is 0.765. The molecule has 0 fully saturated rings. The molecular formula is C17H14ClF3N2O3. The third kappa shape index (κ3) is 4.89. The van der Waals surface area contributed by atoms with E-state index in [2.05, 4.69) is 15.4 Å². The number of ether oxygens (including phenoxy) is 1. The lowest BCUT2D eigenvalue weighted by Gasteiger charge is -2.19. The molecule has 0 radical (unpaired) electrons. The Morgan fingerprint density at radius 2 is 1.77 bits per heavy atom. The van der Waals surface area contributed by atoms with Gasteiger partial charge in [0, 0.05) is 5.02 Å². The van der Waals surface area contributed by atoms with Crippen LogP contribution in [0.25, 0.3) is 0 Å². The normalized spacial score (nSPS) is 12.2. The summed E-state index contributed by atoms with van der Waals surface area (Å²) in [6, 6.07) is 8.91. The molecule has 1 atom stereocenters. The Balaban J connectivity index is 2.23. The summed E-state index contributed by atoms with van der Waals surface area (Å²) in [6.07, 6.45) is -4.71. The van der Waals surface area contributed by atoms with Gasteiger partial charge >= 0.3 is 18.2 Å². The van der Waals surface area contributed by atoms with Gasteiger partial charge in [-0.05, 0) is 23.8 Å². The second-order valence-corrected chi connectivity index (χ2v) is 5.59. The van der Waals surface area contributed by atoms with E-state index in [-0.39, 0.29) is 5.02 Å². The number of halogens is 4. The minimum absolute atomic E-state index is 0.125. The summed E-state index contributed by atoms with van der Waals surface area (Å²) < 4.78 is 43.9. The van der Waals surface area contributed by atoms with Gasteiger partial charge in [-0.25, -0.2) is 9.59 Å². The van der Waals surface area contributed by atoms with Crippen LogP contribution in [0.15, 0.2) is 48.5 Å². The van der Waals surface area contributed by atoms with Crippen LogP contribution < -0.4 is 10.6 Å². The van der Waals surface area contributed by atoms with E-state index in [9.17, 15) is 22.8 Å². The van der Waals surface area contributed by atoms with Crippen LogP contribution in [0.3, 0.4) is 0 Å². The van der Waals surface area contributed by atoms with Gasteiger partial charge in [-0.1, -0.05) is 41.9 Å². The monoisotopic (exact) mass is 386 g/mol. The second-order valence-electron chi connectivity index (χ2n) is 5.15. The van der Waals surface area contributed by atoms with E-state index in [0.717, 1.165) is 13.2 Å².